The normalized spacial score (nSPS) is 16.7. The molecule has 3 aromatic carbocycles. The predicted molar refractivity (Wildman–Crippen MR) is 145 cm³/mol. The summed E-state index contributed by atoms with van der Waals surface area (Å²) in [6.45, 7) is 10.3. The first-order valence-corrected chi connectivity index (χ1v) is 12.3. The zero-order chi connectivity index (χ0) is 25.0. The molecule has 0 saturated heterocycles. The summed E-state index contributed by atoms with van der Waals surface area (Å²) in [4.78, 5) is 7.26. The highest BCUT2D eigenvalue weighted by atomic mass is 16.5. The highest BCUT2D eigenvalue weighted by Gasteiger charge is 2.36. The molecule has 1 heterocycles. The van der Waals surface area contributed by atoms with Crippen molar-refractivity contribution in [3.63, 3.8) is 0 Å². The summed E-state index contributed by atoms with van der Waals surface area (Å²) in [6, 6.07) is 19.7. The summed E-state index contributed by atoms with van der Waals surface area (Å²) in [5, 5.41) is 0. The molecule has 4 rings (SSSR count). The number of benzene rings is 3. The van der Waals surface area contributed by atoms with Crippen molar-refractivity contribution < 1.29 is 14.2 Å². The molecule has 1 atom stereocenters. The maximum atomic E-state index is 5.94. The van der Waals surface area contributed by atoms with Gasteiger partial charge in [0.2, 0.25) is 0 Å². The van der Waals surface area contributed by atoms with Gasteiger partial charge in [0.15, 0.2) is 0 Å². The standard InChI is InChI=1S/C30H36N2O3/c1-7-15-32-28-18-29(34-6)22(16-27(28)21(2)19-30(32,3)4)20-31-23-11-13-24(14-12-23)35-26-10-8-9-25(17-26)33-5/h8-14,16-18,20-21H,7,15,19H2,1-6H3. The molecule has 0 N–H and O–H groups in total. The average Bonchev–Trinajstić information content (AvgIpc) is 2.85. The number of fused-ring (bicyclic) bond motifs is 1. The minimum atomic E-state index is 0.123. The van der Waals surface area contributed by atoms with Gasteiger partial charge in [0.25, 0.3) is 0 Å². The molecule has 0 aliphatic carbocycles. The largest absolute Gasteiger partial charge is 0.497 e. The van der Waals surface area contributed by atoms with Crippen LogP contribution in [0.5, 0.6) is 23.0 Å². The van der Waals surface area contributed by atoms with E-state index in [-0.39, 0.29) is 5.54 Å². The average molecular weight is 473 g/mol. The quantitative estimate of drug-likeness (QED) is 0.314. The fourth-order valence-corrected chi connectivity index (χ4v) is 5.00. The third kappa shape index (κ3) is 5.45. The lowest BCUT2D eigenvalue weighted by Gasteiger charge is -2.47. The van der Waals surface area contributed by atoms with Gasteiger partial charge in [-0.25, -0.2) is 0 Å². The van der Waals surface area contributed by atoms with E-state index >= 15 is 0 Å². The predicted octanol–water partition coefficient (Wildman–Crippen LogP) is 7.75. The molecule has 5 nitrogen and oxygen atoms in total. The monoisotopic (exact) mass is 472 g/mol. The van der Waals surface area contributed by atoms with E-state index < -0.39 is 0 Å². The Kier molecular flexibility index (Phi) is 7.34. The minimum Gasteiger partial charge on any atom is -0.497 e. The van der Waals surface area contributed by atoms with Gasteiger partial charge < -0.3 is 19.1 Å². The topological polar surface area (TPSA) is 43.3 Å². The van der Waals surface area contributed by atoms with Gasteiger partial charge in [0, 0.05) is 41.7 Å². The van der Waals surface area contributed by atoms with E-state index in [1.165, 1.54) is 11.3 Å². The van der Waals surface area contributed by atoms with Gasteiger partial charge in [0.1, 0.15) is 23.0 Å². The molecule has 0 radical (unpaired) electrons. The molecule has 1 aliphatic rings. The second-order valence-corrected chi connectivity index (χ2v) is 9.76. The molecule has 3 aromatic rings. The van der Waals surface area contributed by atoms with Crippen LogP contribution in [0.2, 0.25) is 0 Å². The first kappa shape index (κ1) is 24.6. The van der Waals surface area contributed by atoms with Crippen LogP contribution in [0.1, 0.15) is 57.6 Å². The molecule has 35 heavy (non-hydrogen) atoms. The van der Waals surface area contributed by atoms with Crippen LogP contribution < -0.4 is 19.1 Å². The molecule has 0 amide bonds. The highest BCUT2D eigenvalue weighted by molar-refractivity contribution is 5.88. The molecule has 5 heteroatoms. The molecule has 0 spiro atoms. The van der Waals surface area contributed by atoms with Gasteiger partial charge in [-0.15, -0.1) is 0 Å². The maximum Gasteiger partial charge on any atom is 0.131 e. The Morgan fingerprint density at radius 2 is 1.71 bits per heavy atom. The van der Waals surface area contributed by atoms with Crippen molar-refractivity contribution in [1.29, 1.82) is 0 Å². The Morgan fingerprint density at radius 3 is 2.40 bits per heavy atom. The Balaban J connectivity index is 1.56. The van der Waals surface area contributed by atoms with Crippen LogP contribution in [-0.4, -0.2) is 32.5 Å². The van der Waals surface area contributed by atoms with Crippen molar-refractivity contribution in [1.82, 2.24) is 0 Å². The Hall–Kier alpha value is -3.47. The fourth-order valence-electron chi connectivity index (χ4n) is 5.00. The summed E-state index contributed by atoms with van der Waals surface area (Å²) in [6.07, 6.45) is 4.13. The van der Waals surface area contributed by atoms with E-state index in [2.05, 4.69) is 44.7 Å². The number of ether oxygens (including phenoxy) is 3. The van der Waals surface area contributed by atoms with Gasteiger partial charge in [0.05, 0.1) is 19.9 Å². The maximum absolute atomic E-state index is 5.94. The van der Waals surface area contributed by atoms with Crippen molar-refractivity contribution in [3.8, 4) is 23.0 Å². The third-order valence-electron chi connectivity index (χ3n) is 6.65. The van der Waals surface area contributed by atoms with Gasteiger partial charge in [-0.1, -0.05) is 19.9 Å². The van der Waals surface area contributed by atoms with Crippen LogP contribution >= 0.6 is 0 Å². The number of rotatable bonds is 8. The summed E-state index contributed by atoms with van der Waals surface area (Å²) < 4.78 is 17.0. The first-order chi connectivity index (χ1) is 16.8. The lowest BCUT2D eigenvalue weighted by atomic mass is 9.79. The Labute approximate surface area is 209 Å². The number of anilines is 1. The zero-order valence-electron chi connectivity index (χ0n) is 21.7. The lowest BCUT2D eigenvalue weighted by molar-refractivity contribution is 0.372. The van der Waals surface area contributed by atoms with Crippen LogP contribution in [0.3, 0.4) is 0 Å². The SMILES string of the molecule is CCCN1c2cc(OC)c(C=Nc3ccc(Oc4cccc(OC)c4)cc3)cc2C(C)CC1(C)C. The molecular weight excluding hydrogens is 436 g/mol. The van der Waals surface area contributed by atoms with Crippen LogP contribution in [0.25, 0.3) is 0 Å². The van der Waals surface area contributed by atoms with Gasteiger partial charge >= 0.3 is 0 Å². The molecule has 0 fully saturated rings. The number of aliphatic imine (C=N–C) groups is 1. The second-order valence-electron chi connectivity index (χ2n) is 9.76. The summed E-state index contributed by atoms with van der Waals surface area (Å²) >= 11 is 0. The highest BCUT2D eigenvalue weighted by Crippen LogP contribution is 2.45. The van der Waals surface area contributed by atoms with Gasteiger partial charge in [-0.3, -0.25) is 4.99 Å². The van der Waals surface area contributed by atoms with Crippen molar-refractivity contribution in [2.45, 2.75) is 52.0 Å². The summed E-state index contributed by atoms with van der Waals surface area (Å²) in [5.41, 5.74) is 4.61. The van der Waals surface area contributed by atoms with Crippen LogP contribution in [0.4, 0.5) is 11.4 Å². The van der Waals surface area contributed by atoms with Crippen molar-refractivity contribution in [2.75, 3.05) is 25.7 Å². The number of nitrogens with zero attached hydrogens (tertiary/aromatic N) is 2. The van der Waals surface area contributed by atoms with Crippen molar-refractivity contribution in [3.05, 3.63) is 71.8 Å². The first-order valence-electron chi connectivity index (χ1n) is 12.3. The summed E-state index contributed by atoms with van der Waals surface area (Å²) in [7, 11) is 3.37. The zero-order valence-corrected chi connectivity index (χ0v) is 21.7. The molecule has 1 aliphatic heterocycles. The Bertz CT molecular complexity index is 1180. The third-order valence-corrected chi connectivity index (χ3v) is 6.65. The second kappa shape index (κ2) is 10.4. The smallest absolute Gasteiger partial charge is 0.131 e. The van der Waals surface area contributed by atoms with Crippen molar-refractivity contribution in [2.24, 2.45) is 4.99 Å². The number of methoxy groups -OCH3 is 2. The number of hydrogen-bond acceptors (Lipinski definition) is 5. The van der Waals surface area contributed by atoms with Crippen LogP contribution in [0, 0.1) is 0 Å². The summed E-state index contributed by atoms with van der Waals surface area (Å²) in [5.74, 6) is 3.55. The van der Waals surface area contributed by atoms with E-state index in [1.54, 1.807) is 14.2 Å². The van der Waals surface area contributed by atoms with Gasteiger partial charge in [-0.2, -0.15) is 0 Å². The van der Waals surface area contributed by atoms with E-state index in [9.17, 15) is 0 Å². The minimum absolute atomic E-state index is 0.123. The molecule has 1 unspecified atom stereocenters. The van der Waals surface area contributed by atoms with Crippen molar-refractivity contribution >= 4 is 17.6 Å². The Morgan fingerprint density at radius 1 is 0.971 bits per heavy atom. The molecular formula is C30H36N2O3. The molecule has 0 saturated carbocycles. The van der Waals surface area contributed by atoms with Crippen LogP contribution in [0.15, 0.2) is 65.7 Å². The van der Waals surface area contributed by atoms with E-state index in [0.717, 1.165) is 53.6 Å². The van der Waals surface area contributed by atoms with E-state index in [0.29, 0.717) is 5.92 Å². The van der Waals surface area contributed by atoms with Gasteiger partial charge in [-0.05, 0) is 80.6 Å². The molecule has 0 aromatic heterocycles. The molecule has 0 bridgehead atoms. The van der Waals surface area contributed by atoms with E-state index in [4.69, 9.17) is 19.2 Å². The molecule has 184 valence electrons. The van der Waals surface area contributed by atoms with Crippen LogP contribution in [-0.2, 0) is 0 Å². The lowest BCUT2D eigenvalue weighted by Crippen LogP contribution is -2.48. The number of hydrogen-bond donors (Lipinski definition) is 0. The van der Waals surface area contributed by atoms with E-state index in [1.807, 2.05) is 54.7 Å². The fraction of sp³-hybridized carbons (Fsp3) is 0.367.